The van der Waals surface area contributed by atoms with Crippen molar-refractivity contribution in [2.75, 3.05) is 11.9 Å². The SMILES string of the molecule is Cc1nc(-c2cccs2)ccc1C(=O)OCC(=O)Nc1sccc1C#N. The number of nitriles is 1. The number of aryl methyl sites for hydroxylation is 1. The summed E-state index contributed by atoms with van der Waals surface area (Å²) in [4.78, 5) is 29.5. The van der Waals surface area contributed by atoms with Crippen LogP contribution in [-0.4, -0.2) is 23.5 Å². The molecule has 3 rings (SSSR count). The van der Waals surface area contributed by atoms with E-state index in [-0.39, 0.29) is 0 Å². The van der Waals surface area contributed by atoms with Gasteiger partial charge in [-0.05, 0) is 41.9 Å². The number of carbonyl (C=O) groups is 2. The maximum Gasteiger partial charge on any atom is 0.340 e. The number of pyridine rings is 1. The molecule has 1 N–H and O–H groups in total. The summed E-state index contributed by atoms with van der Waals surface area (Å²) >= 11 is 2.80. The number of hydrogen-bond donors (Lipinski definition) is 1. The Balaban J connectivity index is 1.61. The molecule has 130 valence electrons. The van der Waals surface area contributed by atoms with Gasteiger partial charge in [-0.1, -0.05) is 6.07 Å². The van der Waals surface area contributed by atoms with Gasteiger partial charge < -0.3 is 10.1 Å². The maximum atomic E-state index is 12.2. The van der Waals surface area contributed by atoms with Crippen molar-refractivity contribution in [3.63, 3.8) is 0 Å². The molecule has 3 aromatic heterocycles. The molecule has 3 aromatic rings. The lowest BCUT2D eigenvalue weighted by molar-refractivity contribution is -0.119. The van der Waals surface area contributed by atoms with Gasteiger partial charge in [0.2, 0.25) is 0 Å². The molecular formula is C18H13N3O3S2. The zero-order chi connectivity index (χ0) is 18.5. The lowest BCUT2D eigenvalue weighted by Crippen LogP contribution is -2.21. The van der Waals surface area contributed by atoms with Gasteiger partial charge in [-0.15, -0.1) is 22.7 Å². The van der Waals surface area contributed by atoms with Gasteiger partial charge in [0.1, 0.15) is 11.1 Å². The van der Waals surface area contributed by atoms with E-state index in [2.05, 4.69) is 10.3 Å². The zero-order valence-electron chi connectivity index (χ0n) is 13.7. The number of nitrogens with zero attached hydrogens (tertiary/aromatic N) is 2. The second-order valence-electron chi connectivity index (χ2n) is 5.21. The van der Waals surface area contributed by atoms with E-state index < -0.39 is 18.5 Å². The van der Waals surface area contributed by atoms with Crippen LogP contribution in [0.15, 0.2) is 41.1 Å². The van der Waals surface area contributed by atoms with Crippen molar-refractivity contribution in [1.82, 2.24) is 4.98 Å². The van der Waals surface area contributed by atoms with E-state index in [1.54, 1.807) is 41.8 Å². The zero-order valence-corrected chi connectivity index (χ0v) is 15.3. The molecular weight excluding hydrogens is 370 g/mol. The van der Waals surface area contributed by atoms with Crippen molar-refractivity contribution < 1.29 is 14.3 Å². The van der Waals surface area contributed by atoms with Gasteiger partial charge in [0.15, 0.2) is 6.61 Å². The minimum atomic E-state index is -0.616. The van der Waals surface area contributed by atoms with Crippen LogP contribution >= 0.6 is 22.7 Å². The highest BCUT2D eigenvalue weighted by Gasteiger charge is 2.16. The van der Waals surface area contributed by atoms with Gasteiger partial charge >= 0.3 is 5.97 Å². The molecule has 0 unspecified atom stereocenters. The summed E-state index contributed by atoms with van der Waals surface area (Å²) in [7, 11) is 0. The summed E-state index contributed by atoms with van der Waals surface area (Å²) in [5.74, 6) is -1.12. The number of hydrogen-bond acceptors (Lipinski definition) is 7. The number of anilines is 1. The average molecular weight is 383 g/mol. The first-order chi connectivity index (χ1) is 12.6. The van der Waals surface area contributed by atoms with Crippen LogP contribution in [0.25, 0.3) is 10.6 Å². The van der Waals surface area contributed by atoms with Crippen LogP contribution in [0.1, 0.15) is 21.6 Å². The number of rotatable bonds is 5. The first-order valence-electron chi connectivity index (χ1n) is 7.54. The number of carbonyl (C=O) groups excluding carboxylic acids is 2. The Morgan fingerprint density at radius 2 is 2.08 bits per heavy atom. The van der Waals surface area contributed by atoms with Crippen LogP contribution in [0.3, 0.4) is 0 Å². The van der Waals surface area contributed by atoms with Crippen LogP contribution in [0, 0.1) is 18.3 Å². The number of esters is 1. The minimum Gasteiger partial charge on any atom is -0.452 e. The number of thiophene rings is 2. The predicted molar refractivity (Wildman–Crippen MR) is 100 cm³/mol. The molecule has 0 bridgehead atoms. The summed E-state index contributed by atoms with van der Waals surface area (Å²) in [5.41, 5.74) is 2.01. The third-order valence-corrected chi connectivity index (χ3v) is 5.17. The Morgan fingerprint density at radius 3 is 2.77 bits per heavy atom. The third-order valence-electron chi connectivity index (χ3n) is 3.45. The predicted octanol–water partition coefficient (Wildman–Crippen LogP) is 3.85. The summed E-state index contributed by atoms with van der Waals surface area (Å²) in [5, 5.41) is 15.6. The van der Waals surface area contributed by atoms with E-state index in [1.165, 1.54) is 11.3 Å². The van der Waals surface area contributed by atoms with Crippen molar-refractivity contribution in [1.29, 1.82) is 5.26 Å². The van der Waals surface area contributed by atoms with E-state index in [1.807, 2.05) is 23.6 Å². The highest BCUT2D eigenvalue weighted by Crippen LogP contribution is 2.24. The van der Waals surface area contributed by atoms with E-state index in [0.29, 0.717) is 21.8 Å². The van der Waals surface area contributed by atoms with Gasteiger partial charge in [-0.25, -0.2) is 4.79 Å². The topological polar surface area (TPSA) is 92.1 Å². The fourth-order valence-electron chi connectivity index (χ4n) is 2.20. The highest BCUT2D eigenvalue weighted by atomic mass is 32.1. The first-order valence-corrected chi connectivity index (χ1v) is 9.30. The standard InChI is InChI=1S/C18H13N3O3S2/c1-11-13(4-5-14(20-11)15-3-2-7-25-15)18(23)24-10-16(22)21-17-12(9-19)6-8-26-17/h2-8H,10H2,1H3,(H,21,22). The first kappa shape index (κ1) is 17.8. The van der Waals surface area contributed by atoms with Gasteiger partial charge in [-0.2, -0.15) is 5.26 Å². The minimum absolute atomic E-state index is 0.312. The monoisotopic (exact) mass is 383 g/mol. The second-order valence-corrected chi connectivity index (χ2v) is 7.07. The van der Waals surface area contributed by atoms with Gasteiger partial charge in [-0.3, -0.25) is 9.78 Å². The van der Waals surface area contributed by atoms with Crippen LogP contribution in [0.4, 0.5) is 5.00 Å². The number of aromatic nitrogens is 1. The number of ether oxygens (including phenoxy) is 1. The summed E-state index contributed by atoms with van der Waals surface area (Å²) in [6, 6.07) is 10.9. The third kappa shape index (κ3) is 3.96. The molecule has 0 radical (unpaired) electrons. The Labute approximate surface area is 157 Å². The fraction of sp³-hybridized carbons (Fsp3) is 0.111. The molecule has 0 saturated carbocycles. The Hall–Kier alpha value is -3.02. The lowest BCUT2D eigenvalue weighted by Gasteiger charge is -2.08. The number of amides is 1. The smallest absolute Gasteiger partial charge is 0.340 e. The quantitative estimate of drug-likeness (QED) is 0.676. The molecule has 0 atom stereocenters. The van der Waals surface area contributed by atoms with Crippen LogP contribution in [0.2, 0.25) is 0 Å². The maximum absolute atomic E-state index is 12.2. The van der Waals surface area contributed by atoms with E-state index in [0.717, 1.165) is 10.6 Å². The fourth-order valence-corrected chi connectivity index (χ4v) is 3.65. The van der Waals surface area contributed by atoms with Crippen molar-refractivity contribution in [2.24, 2.45) is 0 Å². The molecule has 6 nitrogen and oxygen atoms in total. The molecule has 0 saturated heterocycles. The van der Waals surface area contributed by atoms with E-state index in [9.17, 15) is 9.59 Å². The number of nitrogens with one attached hydrogen (secondary N) is 1. The highest BCUT2D eigenvalue weighted by molar-refractivity contribution is 7.14. The lowest BCUT2D eigenvalue weighted by atomic mass is 10.2. The molecule has 0 spiro atoms. The van der Waals surface area contributed by atoms with Crippen molar-refractivity contribution >= 4 is 39.6 Å². The average Bonchev–Trinajstić information content (AvgIpc) is 3.31. The van der Waals surface area contributed by atoms with Crippen LogP contribution < -0.4 is 5.32 Å². The van der Waals surface area contributed by atoms with Gasteiger partial charge in [0.05, 0.1) is 27.4 Å². The Bertz CT molecular complexity index is 988. The second kappa shape index (κ2) is 7.91. The van der Waals surface area contributed by atoms with Gasteiger partial charge in [0, 0.05) is 0 Å². The summed E-state index contributed by atoms with van der Waals surface area (Å²) in [6.07, 6.45) is 0. The van der Waals surface area contributed by atoms with Crippen molar-refractivity contribution in [2.45, 2.75) is 6.92 Å². The van der Waals surface area contributed by atoms with Crippen LogP contribution in [-0.2, 0) is 9.53 Å². The molecule has 0 fully saturated rings. The largest absolute Gasteiger partial charge is 0.452 e. The summed E-state index contributed by atoms with van der Waals surface area (Å²) in [6.45, 7) is 1.28. The molecule has 8 heteroatoms. The molecule has 1 amide bonds. The molecule has 0 aliphatic heterocycles. The van der Waals surface area contributed by atoms with Crippen LogP contribution in [0.5, 0.6) is 0 Å². The molecule has 3 heterocycles. The molecule has 26 heavy (non-hydrogen) atoms. The van der Waals surface area contributed by atoms with Crippen molar-refractivity contribution in [3.8, 4) is 16.6 Å². The Morgan fingerprint density at radius 1 is 1.23 bits per heavy atom. The molecule has 0 aliphatic carbocycles. The van der Waals surface area contributed by atoms with Crippen molar-refractivity contribution in [3.05, 3.63) is 57.9 Å². The van der Waals surface area contributed by atoms with Gasteiger partial charge in [0.25, 0.3) is 5.91 Å². The van der Waals surface area contributed by atoms with E-state index >= 15 is 0 Å². The Kier molecular flexibility index (Phi) is 5.41. The normalized spacial score (nSPS) is 10.2. The summed E-state index contributed by atoms with van der Waals surface area (Å²) < 4.78 is 5.06. The molecule has 0 aromatic carbocycles. The van der Waals surface area contributed by atoms with E-state index in [4.69, 9.17) is 10.00 Å². The molecule has 0 aliphatic rings.